The molecule has 0 amide bonds. The molecule has 6 rings (SSSR count). The van der Waals surface area contributed by atoms with Crippen LogP contribution in [-0.4, -0.2) is 27.6 Å². The molecule has 1 N–H and O–H groups in total. The van der Waals surface area contributed by atoms with Crippen LogP contribution in [0.25, 0.3) is 21.8 Å². The molecule has 32 heavy (non-hydrogen) atoms. The van der Waals surface area contributed by atoms with Crippen LogP contribution in [-0.2, 0) is 0 Å². The molecule has 0 unspecified atom stereocenters. The summed E-state index contributed by atoms with van der Waals surface area (Å²) in [6.45, 7) is 1.48. The van der Waals surface area contributed by atoms with Gasteiger partial charge in [-0.25, -0.2) is 9.37 Å². The molecule has 3 heterocycles. The summed E-state index contributed by atoms with van der Waals surface area (Å²) in [4.78, 5) is 23.1. The molecule has 1 saturated heterocycles. The first-order valence-corrected chi connectivity index (χ1v) is 11.1. The van der Waals surface area contributed by atoms with Gasteiger partial charge >= 0.3 is 0 Å². The van der Waals surface area contributed by atoms with Crippen molar-refractivity contribution in [2.24, 2.45) is 0 Å². The fourth-order valence-electron chi connectivity index (χ4n) is 5.06. The number of anilines is 1. The van der Waals surface area contributed by atoms with Crippen molar-refractivity contribution in [2.45, 2.75) is 37.6 Å². The molecule has 7 heteroatoms. The van der Waals surface area contributed by atoms with Crippen LogP contribution < -0.4 is 10.5 Å². The highest BCUT2D eigenvalue weighted by molar-refractivity contribution is 5.96. The number of H-pyrrole nitrogens is 1. The lowest BCUT2D eigenvalue weighted by Gasteiger charge is -2.35. The van der Waals surface area contributed by atoms with Gasteiger partial charge in [0.2, 0.25) is 0 Å². The van der Waals surface area contributed by atoms with Gasteiger partial charge in [-0.05, 0) is 67.5 Å². The van der Waals surface area contributed by atoms with E-state index in [0.29, 0.717) is 23.5 Å². The summed E-state index contributed by atoms with van der Waals surface area (Å²) in [7, 11) is 0. The zero-order valence-electron chi connectivity index (χ0n) is 17.5. The Bertz CT molecular complexity index is 1460. The highest BCUT2D eigenvalue weighted by Gasteiger charge is 2.27. The van der Waals surface area contributed by atoms with E-state index in [1.165, 1.54) is 6.07 Å². The Morgan fingerprint density at radius 1 is 1.19 bits per heavy atom. The lowest BCUT2D eigenvalue weighted by molar-refractivity contribution is 0.395. The summed E-state index contributed by atoms with van der Waals surface area (Å²) in [5.41, 5.74) is 3.55. The number of halogens is 1. The van der Waals surface area contributed by atoms with Gasteiger partial charge in [-0.3, -0.25) is 9.36 Å². The number of rotatable bonds is 3. The summed E-state index contributed by atoms with van der Waals surface area (Å²) in [6, 6.07) is 11.3. The van der Waals surface area contributed by atoms with Crippen LogP contribution in [0.2, 0.25) is 0 Å². The standard InChI is InChI=1S/C25H22FN5O/c26-20-10-17(15-3-4-15)11-21-23(20)25(32)31(14-29-21)18-2-1-9-30(13-18)22-6-5-16(12-27)24-19(22)7-8-28-24/h5-8,10-11,14-15,18,28H,1-4,9,13H2/t18-/m0/s1. The number of fused-ring (bicyclic) bond motifs is 2. The van der Waals surface area contributed by atoms with E-state index in [9.17, 15) is 14.4 Å². The van der Waals surface area contributed by atoms with Crippen LogP contribution in [0.15, 0.2) is 47.7 Å². The molecule has 2 aromatic carbocycles. The Morgan fingerprint density at radius 3 is 2.88 bits per heavy atom. The van der Waals surface area contributed by atoms with E-state index >= 15 is 0 Å². The van der Waals surface area contributed by atoms with Gasteiger partial charge in [0.1, 0.15) is 17.3 Å². The van der Waals surface area contributed by atoms with Crippen molar-refractivity contribution in [1.29, 1.82) is 5.26 Å². The smallest absolute Gasteiger partial charge is 0.264 e. The van der Waals surface area contributed by atoms with Crippen molar-refractivity contribution >= 4 is 27.5 Å². The second kappa shape index (κ2) is 7.20. The summed E-state index contributed by atoms with van der Waals surface area (Å²) < 4.78 is 16.5. The van der Waals surface area contributed by atoms with E-state index in [2.05, 4.69) is 20.9 Å². The zero-order valence-corrected chi connectivity index (χ0v) is 17.5. The maximum atomic E-state index is 14.9. The van der Waals surface area contributed by atoms with Crippen molar-refractivity contribution in [1.82, 2.24) is 14.5 Å². The molecule has 1 atom stereocenters. The van der Waals surface area contributed by atoms with Crippen LogP contribution in [0.3, 0.4) is 0 Å². The molecule has 0 bridgehead atoms. The molecule has 160 valence electrons. The molecule has 2 aromatic heterocycles. The molecule has 6 nitrogen and oxygen atoms in total. The van der Waals surface area contributed by atoms with Crippen LogP contribution >= 0.6 is 0 Å². The minimum Gasteiger partial charge on any atom is -0.369 e. The number of benzene rings is 2. The molecular weight excluding hydrogens is 405 g/mol. The molecule has 4 aromatic rings. The quantitative estimate of drug-likeness (QED) is 0.518. The van der Waals surface area contributed by atoms with Gasteiger partial charge in [0, 0.05) is 30.4 Å². The van der Waals surface area contributed by atoms with E-state index in [0.717, 1.165) is 54.4 Å². The van der Waals surface area contributed by atoms with Crippen molar-refractivity contribution < 1.29 is 4.39 Å². The van der Waals surface area contributed by atoms with Gasteiger partial charge in [-0.15, -0.1) is 0 Å². The van der Waals surface area contributed by atoms with Crippen molar-refractivity contribution in [2.75, 3.05) is 18.0 Å². The minimum atomic E-state index is -0.468. The van der Waals surface area contributed by atoms with Gasteiger partial charge in [-0.1, -0.05) is 0 Å². The number of hydrogen-bond donors (Lipinski definition) is 1. The number of nitrogens with zero attached hydrogens (tertiary/aromatic N) is 4. The van der Waals surface area contributed by atoms with Crippen molar-refractivity contribution in [3.63, 3.8) is 0 Å². The average Bonchev–Trinajstić information content (AvgIpc) is 3.55. The Labute approximate surface area is 183 Å². The molecule has 2 fully saturated rings. The van der Waals surface area contributed by atoms with Crippen LogP contribution in [0.4, 0.5) is 10.1 Å². The maximum Gasteiger partial charge on any atom is 0.264 e. The highest BCUT2D eigenvalue weighted by Crippen LogP contribution is 2.41. The molecule has 1 aliphatic carbocycles. The summed E-state index contributed by atoms with van der Waals surface area (Å²) in [6.07, 6.45) is 7.31. The molecule has 0 radical (unpaired) electrons. The Morgan fingerprint density at radius 2 is 2.06 bits per heavy atom. The molecule has 1 aliphatic heterocycles. The van der Waals surface area contributed by atoms with Gasteiger partial charge in [-0.2, -0.15) is 5.26 Å². The normalized spacial score (nSPS) is 18.9. The maximum absolute atomic E-state index is 14.9. The molecule has 0 spiro atoms. The van der Waals surface area contributed by atoms with Gasteiger partial charge < -0.3 is 9.88 Å². The summed E-state index contributed by atoms with van der Waals surface area (Å²) in [5, 5.41) is 10.5. The van der Waals surface area contributed by atoms with Crippen molar-refractivity contribution in [3.8, 4) is 6.07 Å². The van der Waals surface area contributed by atoms with Gasteiger partial charge in [0.15, 0.2) is 0 Å². The second-order valence-corrected chi connectivity index (χ2v) is 8.88. The summed E-state index contributed by atoms with van der Waals surface area (Å²) in [5.74, 6) is -0.0623. The Balaban J connectivity index is 1.37. The van der Waals surface area contributed by atoms with Gasteiger partial charge in [0.05, 0.1) is 29.0 Å². The third kappa shape index (κ3) is 2.98. The fourth-order valence-corrected chi connectivity index (χ4v) is 5.06. The number of piperidine rings is 1. The van der Waals surface area contributed by atoms with E-state index < -0.39 is 5.82 Å². The van der Waals surface area contributed by atoms with E-state index in [4.69, 9.17) is 0 Å². The van der Waals surface area contributed by atoms with E-state index in [1.807, 2.05) is 30.5 Å². The number of aromatic amines is 1. The van der Waals surface area contributed by atoms with E-state index in [-0.39, 0.29) is 17.0 Å². The van der Waals surface area contributed by atoms with Crippen LogP contribution in [0.1, 0.15) is 48.8 Å². The topological polar surface area (TPSA) is 77.7 Å². The van der Waals surface area contributed by atoms with E-state index in [1.54, 1.807) is 10.9 Å². The minimum absolute atomic E-state index is 0.0837. The molecule has 1 saturated carbocycles. The molecular formula is C25H22FN5O. The highest BCUT2D eigenvalue weighted by atomic mass is 19.1. The summed E-state index contributed by atoms with van der Waals surface area (Å²) >= 11 is 0. The third-order valence-corrected chi connectivity index (χ3v) is 6.86. The fraction of sp³-hybridized carbons (Fsp3) is 0.320. The average molecular weight is 427 g/mol. The zero-order chi connectivity index (χ0) is 21.8. The number of hydrogen-bond acceptors (Lipinski definition) is 4. The molecule has 2 aliphatic rings. The SMILES string of the molecule is N#Cc1ccc(N2CCC[C@H](n3cnc4cc(C5CC5)cc(F)c4c3=O)C2)c2cc[nH]c12. The lowest BCUT2D eigenvalue weighted by Crippen LogP contribution is -2.40. The van der Waals surface area contributed by atoms with Crippen LogP contribution in [0.5, 0.6) is 0 Å². The Kier molecular flexibility index (Phi) is 4.29. The number of nitriles is 1. The lowest BCUT2D eigenvalue weighted by atomic mass is 10.0. The first-order valence-electron chi connectivity index (χ1n) is 11.1. The third-order valence-electron chi connectivity index (χ3n) is 6.86. The first kappa shape index (κ1) is 19.1. The largest absolute Gasteiger partial charge is 0.369 e. The first-order chi connectivity index (χ1) is 15.6. The Hall–Kier alpha value is -3.66. The van der Waals surface area contributed by atoms with Crippen LogP contribution in [0, 0.1) is 17.1 Å². The number of aromatic nitrogens is 3. The van der Waals surface area contributed by atoms with Crippen molar-refractivity contribution in [3.05, 3.63) is 70.2 Å². The monoisotopic (exact) mass is 427 g/mol. The van der Waals surface area contributed by atoms with Gasteiger partial charge in [0.25, 0.3) is 5.56 Å². The second-order valence-electron chi connectivity index (χ2n) is 8.88. The predicted molar refractivity (Wildman–Crippen MR) is 121 cm³/mol. The number of nitrogens with one attached hydrogen (secondary N) is 1. The predicted octanol–water partition coefficient (Wildman–Crippen LogP) is 4.61.